The van der Waals surface area contributed by atoms with Gasteiger partial charge in [0, 0.05) is 12.0 Å². The number of hydrogen-bond acceptors (Lipinski definition) is 5. The predicted molar refractivity (Wildman–Crippen MR) is 132 cm³/mol. The van der Waals surface area contributed by atoms with Crippen LogP contribution in [0.3, 0.4) is 0 Å². The van der Waals surface area contributed by atoms with Gasteiger partial charge in [-0.2, -0.15) is 26.3 Å². The lowest BCUT2D eigenvalue weighted by molar-refractivity contribution is -0.275. The molecule has 43 heavy (non-hydrogen) atoms. The molecule has 0 aliphatic carbocycles. The van der Waals surface area contributed by atoms with Gasteiger partial charge in [-0.1, -0.05) is 12.1 Å². The maximum atomic E-state index is 13.4. The molecule has 0 radical (unpaired) electrons. The first-order valence-corrected chi connectivity index (χ1v) is 12.9. The molecule has 0 unspecified atom stereocenters. The SMILES string of the molecule is C[C@H]1[C@@H](c2cc(C(F)(F)F)cc(C(F)(F)F)c2)OC(=O)N1Cc1cc(CCNCCCCC(=O)O)ccc1OC(F)(F)F. The third-order valence-corrected chi connectivity index (χ3v) is 6.61. The number of cyclic esters (lactones) is 1. The van der Waals surface area contributed by atoms with Crippen LogP contribution in [0, 0.1) is 0 Å². The molecule has 1 aliphatic heterocycles. The number of carboxylic acid groups (broad SMARTS) is 1. The number of ether oxygens (including phenoxy) is 2. The lowest BCUT2D eigenvalue weighted by Gasteiger charge is -2.24. The molecule has 1 aliphatic rings. The Bertz CT molecular complexity index is 1260. The second kappa shape index (κ2) is 13.3. The van der Waals surface area contributed by atoms with Crippen LogP contribution in [0.5, 0.6) is 5.75 Å². The molecule has 1 saturated heterocycles. The minimum atomic E-state index is -5.14. The van der Waals surface area contributed by atoms with Crippen molar-refractivity contribution in [3.8, 4) is 5.75 Å². The van der Waals surface area contributed by atoms with Crippen molar-refractivity contribution in [1.29, 1.82) is 0 Å². The van der Waals surface area contributed by atoms with Gasteiger partial charge in [0.15, 0.2) is 0 Å². The van der Waals surface area contributed by atoms with E-state index in [-0.39, 0.29) is 18.1 Å². The summed E-state index contributed by atoms with van der Waals surface area (Å²) in [5.74, 6) is -1.57. The lowest BCUT2D eigenvalue weighted by atomic mass is 9.97. The van der Waals surface area contributed by atoms with Gasteiger partial charge >= 0.3 is 30.8 Å². The average Bonchev–Trinajstić information content (AvgIpc) is 3.15. The van der Waals surface area contributed by atoms with E-state index >= 15 is 0 Å². The van der Waals surface area contributed by atoms with E-state index < -0.39 is 71.9 Å². The minimum Gasteiger partial charge on any atom is -0.481 e. The summed E-state index contributed by atoms with van der Waals surface area (Å²) in [6, 6.07) is 3.36. The number of rotatable bonds is 12. The van der Waals surface area contributed by atoms with Gasteiger partial charge in [0.25, 0.3) is 0 Å². The number of aliphatic carboxylic acids is 1. The number of amides is 1. The van der Waals surface area contributed by atoms with Crippen LogP contribution >= 0.6 is 0 Å². The van der Waals surface area contributed by atoms with Crippen LogP contribution < -0.4 is 10.1 Å². The fourth-order valence-corrected chi connectivity index (χ4v) is 4.51. The standard InChI is InChI=1S/C27H27F9N2O5/c1-15-23(17-11-19(25(28,29)30)13-20(12-17)26(31,32)33)42-24(41)38(15)14-18-10-16(5-6-21(18)43-27(34,35)36)7-9-37-8-3-2-4-22(39)40/h5-6,10-13,15,23,37H,2-4,7-9,14H2,1H3,(H,39,40)/t15-,23-/m0/s1. The maximum Gasteiger partial charge on any atom is 0.573 e. The molecule has 2 aromatic carbocycles. The number of nitrogens with one attached hydrogen (secondary N) is 1. The number of hydrogen-bond donors (Lipinski definition) is 2. The summed E-state index contributed by atoms with van der Waals surface area (Å²) < 4.78 is 129. The van der Waals surface area contributed by atoms with Gasteiger partial charge in [-0.05, 0) is 74.7 Å². The zero-order valence-corrected chi connectivity index (χ0v) is 22.5. The Balaban J connectivity index is 1.82. The number of benzene rings is 2. The van der Waals surface area contributed by atoms with Gasteiger partial charge in [-0.15, -0.1) is 13.2 Å². The van der Waals surface area contributed by atoms with Crippen molar-refractivity contribution in [2.75, 3.05) is 13.1 Å². The third-order valence-electron chi connectivity index (χ3n) is 6.61. The van der Waals surface area contributed by atoms with E-state index in [2.05, 4.69) is 10.1 Å². The fourth-order valence-electron chi connectivity index (χ4n) is 4.51. The van der Waals surface area contributed by atoms with Gasteiger partial charge in [0.2, 0.25) is 0 Å². The molecule has 2 N–H and O–H groups in total. The number of alkyl halides is 9. The Kier molecular flexibility index (Phi) is 10.5. The van der Waals surface area contributed by atoms with E-state index in [0.717, 1.165) is 11.0 Å². The maximum absolute atomic E-state index is 13.4. The largest absolute Gasteiger partial charge is 0.573 e. The number of unbranched alkanes of at least 4 members (excludes halogenated alkanes) is 1. The van der Waals surface area contributed by atoms with Gasteiger partial charge in [-0.3, -0.25) is 9.69 Å². The molecule has 1 heterocycles. The van der Waals surface area contributed by atoms with E-state index in [1.54, 1.807) is 0 Å². The molecule has 3 rings (SSSR count). The van der Waals surface area contributed by atoms with Crippen molar-refractivity contribution in [3.63, 3.8) is 0 Å². The Hall–Kier alpha value is -3.69. The highest BCUT2D eigenvalue weighted by atomic mass is 19.4. The molecule has 7 nitrogen and oxygen atoms in total. The summed E-state index contributed by atoms with van der Waals surface area (Å²) in [6.45, 7) is 1.61. The molecule has 0 saturated carbocycles. The molecule has 2 aromatic rings. The summed E-state index contributed by atoms with van der Waals surface area (Å²) in [7, 11) is 0. The fraction of sp³-hybridized carbons (Fsp3) is 0.481. The Morgan fingerprint density at radius 2 is 1.58 bits per heavy atom. The monoisotopic (exact) mass is 630 g/mol. The van der Waals surface area contributed by atoms with Crippen LogP contribution in [0.15, 0.2) is 36.4 Å². The summed E-state index contributed by atoms with van der Waals surface area (Å²) >= 11 is 0. The van der Waals surface area contributed by atoms with Crippen LogP contribution in [0.2, 0.25) is 0 Å². The van der Waals surface area contributed by atoms with E-state index in [1.807, 2.05) is 0 Å². The molecule has 1 fully saturated rings. The average molecular weight is 631 g/mol. The summed E-state index contributed by atoms with van der Waals surface area (Å²) in [5.41, 5.74) is -3.39. The second-order valence-corrected chi connectivity index (χ2v) is 9.85. The first kappa shape index (κ1) is 33.8. The molecule has 2 atom stereocenters. The lowest BCUT2D eigenvalue weighted by Crippen LogP contribution is -2.32. The van der Waals surface area contributed by atoms with Crippen LogP contribution in [-0.2, 0) is 34.8 Å². The first-order chi connectivity index (χ1) is 19.8. The topological polar surface area (TPSA) is 88.1 Å². The Labute approximate surface area is 239 Å². The van der Waals surface area contributed by atoms with E-state index in [4.69, 9.17) is 9.84 Å². The van der Waals surface area contributed by atoms with Gasteiger partial charge in [0.05, 0.1) is 23.7 Å². The van der Waals surface area contributed by atoms with E-state index in [1.165, 1.54) is 19.1 Å². The number of carbonyl (C=O) groups is 2. The Morgan fingerprint density at radius 1 is 0.953 bits per heavy atom. The molecular weight excluding hydrogens is 603 g/mol. The van der Waals surface area contributed by atoms with Crippen LogP contribution in [0.25, 0.3) is 0 Å². The molecule has 0 spiro atoms. The number of nitrogens with zero attached hydrogens (tertiary/aromatic N) is 1. The van der Waals surface area contributed by atoms with Gasteiger partial charge < -0.3 is 19.9 Å². The molecule has 238 valence electrons. The highest BCUT2D eigenvalue weighted by Gasteiger charge is 2.43. The quantitative estimate of drug-likeness (QED) is 0.192. The third kappa shape index (κ3) is 9.66. The summed E-state index contributed by atoms with van der Waals surface area (Å²) in [6.07, 6.45) is -16.7. The van der Waals surface area contributed by atoms with Crippen molar-refractivity contribution in [2.24, 2.45) is 0 Å². The summed E-state index contributed by atoms with van der Waals surface area (Å²) in [4.78, 5) is 24.2. The van der Waals surface area contributed by atoms with Crippen LogP contribution in [0.4, 0.5) is 44.3 Å². The minimum absolute atomic E-state index is 0.0151. The molecular formula is C27H27F9N2O5. The number of carbonyl (C=O) groups excluding carboxylic acids is 1. The predicted octanol–water partition coefficient (Wildman–Crippen LogP) is 7.09. The highest BCUT2D eigenvalue weighted by molar-refractivity contribution is 5.71. The van der Waals surface area contributed by atoms with Crippen LogP contribution in [0.1, 0.15) is 60.1 Å². The zero-order valence-electron chi connectivity index (χ0n) is 22.5. The molecule has 0 aromatic heterocycles. The zero-order chi connectivity index (χ0) is 32.2. The number of carboxylic acids is 1. The van der Waals surface area contributed by atoms with Crippen molar-refractivity contribution in [1.82, 2.24) is 10.2 Å². The van der Waals surface area contributed by atoms with E-state index in [9.17, 15) is 49.1 Å². The van der Waals surface area contributed by atoms with Gasteiger partial charge in [0.1, 0.15) is 11.9 Å². The highest BCUT2D eigenvalue weighted by Crippen LogP contribution is 2.41. The van der Waals surface area contributed by atoms with Crippen molar-refractivity contribution < 1.29 is 63.7 Å². The van der Waals surface area contributed by atoms with Gasteiger partial charge in [-0.25, -0.2) is 4.79 Å². The molecule has 1 amide bonds. The first-order valence-electron chi connectivity index (χ1n) is 12.9. The van der Waals surface area contributed by atoms with Crippen molar-refractivity contribution in [2.45, 2.75) is 70.0 Å². The molecule has 0 bridgehead atoms. The Morgan fingerprint density at radius 3 is 2.14 bits per heavy atom. The normalized spacial score (nSPS) is 17.7. The van der Waals surface area contributed by atoms with Crippen LogP contribution in [-0.4, -0.2) is 47.6 Å². The van der Waals surface area contributed by atoms with E-state index in [0.29, 0.717) is 50.0 Å². The number of halogens is 9. The smallest absolute Gasteiger partial charge is 0.481 e. The van der Waals surface area contributed by atoms with Crippen molar-refractivity contribution in [3.05, 3.63) is 64.2 Å². The summed E-state index contributed by atoms with van der Waals surface area (Å²) in [5, 5.41) is 11.7. The second-order valence-electron chi connectivity index (χ2n) is 9.85. The van der Waals surface area contributed by atoms with Crippen molar-refractivity contribution >= 4 is 12.1 Å². The molecule has 16 heteroatoms.